The highest BCUT2D eigenvalue weighted by molar-refractivity contribution is 6.10. The summed E-state index contributed by atoms with van der Waals surface area (Å²) >= 11 is 0. The van der Waals surface area contributed by atoms with Crippen LogP contribution in [0.5, 0.6) is 5.75 Å². The molecule has 4 rings (SSSR count). The topological polar surface area (TPSA) is 88.8 Å². The number of aliphatic carboxylic acids is 1. The van der Waals surface area contributed by atoms with Crippen molar-refractivity contribution >= 4 is 34.4 Å². The fraction of sp³-hybridized carbons (Fsp3) is 0.303. The molecular formula is C33H35FN2O5. The molecule has 0 spiro atoms. The van der Waals surface area contributed by atoms with Gasteiger partial charge in [-0.2, -0.15) is 0 Å². The van der Waals surface area contributed by atoms with Crippen molar-refractivity contribution in [1.29, 1.82) is 0 Å². The first-order chi connectivity index (χ1) is 19.7. The highest BCUT2D eigenvalue weighted by atomic mass is 19.1. The number of nitrogens with zero attached hydrogens (tertiary/aromatic N) is 2. The van der Waals surface area contributed by atoms with Crippen LogP contribution in [0.2, 0.25) is 0 Å². The summed E-state index contributed by atoms with van der Waals surface area (Å²) in [5.41, 5.74) is 4.09. The zero-order valence-electron chi connectivity index (χ0n) is 23.4. The maximum absolute atomic E-state index is 14.0. The van der Waals surface area contributed by atoms with Gasteiger partial charge >= 0.3 is 11.9 Å². The van der Waals surface area contributed by atoms with E-state index in [9.17, 15) is 18.8 Å². The van der Waals surface area contributed by atoms with E-state index in [-0.39, 0.29) is 18.1 Å². The van der Waals surface area contributed by atoms with Gasteiger partial charge in [-0.15, -0.1) is 0 Å². The lowest BCUT2D eigenvalue weighted by Crippen LogP contribution is -2.30. The number of ether oxygens (including phenoxy) is 1. The van der Waals surface area contributed by atoms with Gasteiger partial charge in [-0.1, -0.05) is 49.6 Å². The van der Waals surface area contributed by atoms with Crippen molar-refractivity contribution < 1.29 is 28.6 Å². The number of hydrogen-bond acceptors (Lipinski definition) is 4. The van der Waals surface area contributed by atoms with E-state index in [2.05, 4.69) is 4.57 Å². The molecule has 0 aliphatic rings. The maximum Gasteiger partial charge on any atom is 0.308 e. The van der Waals surface area contributed by atoms with Crippen LogP contribution in [-0.4, -0.2) is 34.1 Å². The third-order valence-corrected chi connectivity index (χ3v) is 6.99. The Morgan fingerprint density at radius 3 is 2.22 bits per heavy atom. The molecule has 41 heavy (non-hydrogen) atoms. The van der Waals surface area contributed by atoms with Gasteiger partial charge in [0, 0.05) is 44.3 Å². The molecule has 4 aromatic rings. The second-order valence-corrected chi connectivity index (χ2v) is 10.1. The molecule has 7 nitrogen and oxygen atoms in total. The molecule has 3 aromatic carbocycles. The Labute approximate surface area is 239 Å². The summed E-state index contributed by atoms with van der Waals surface area (Å²) in [6.45, 7) is 3.82. The Bertz CT molecular complexity index is 1510. The third-order valence-electron chi connectivity index (χ3n) is 6.99. The number of hydrogen-bond donors (Lipinski definition) is 1. The van der Waals surface area contributed by atoms with Crippen LogP contribution in [-0.2, 0) is 20.9 Å². The van der Waals surface area contributed by atoms with Crippen molar-refractivity contribution in [1.82, 2.24) is 4.57 Å². The average molecular weight is 559 g/mol. The number of benzene rings is 3. The number of unbranched alkanes of at least 4 members (excludes halogenated alkanes) is 4. The van der Waals surface area contributed by atoms with Crippen LogP contribution in [0.15, 0.2) is 72.8 Å². The van der Waals surface area contributed by atoms with E-state index >= 15 is 0 Å². The van der Waals surface area contributed by atoms with Crippen LogP contribution >= 0.6 is 0 Å². The van der Waals surface area contributed by atoms with Crippen LogP contribution in [0.25, 0.3) is 22.2 Å². The first-order valence-corrected chi connectivity index (χ1v) is 13.9. The number of esters is 1. The van der Waals surface area contributed by atoms with Crippen molar-refractivity contribution in [3.05, 3.63) is 84.2 Å². The van der Waals surface area contributed by atoms with Gasteiger partial charge < -0.3 is 19.3 Å². The first kappa shape index (κ1) is 29.5. The molecule has 0 bridgehead atoms. The van der Waals surface area contributed by atoms with Gasteiger partial charge in [0.2, 0.25) is 5.91 Å². The number of rotatable bonds is 13. The van der Waals surface area contributed by atoms with Gasteiger partial charge in [-0.3, -0.25) is 14.4 Å². The molecule has 0 saturated carbocycles. The van der Waals surface area contributed by atoms with E-state index in [1.165, 1.54) is 26.0 Å². The van der Waals surface area contributed by atoms with Gasteiger partial charge in [0.15, 0.2) is 0 Å². The Hall–Kier alpha value is -4.46. The molecule has 1 aromatic heterocycles. The Morgan fingerprint density at radius 2 is 1.56 bits per heavy atom. The number of carboxylic acid groups (broad SMARTS) is 1. The molecule has 0 aliphatic carbocycles. The van der Waals surface area contributed by atoms with E-state index in [0.717, 1.165) is 53.4 Å². The lowest BCUT2D eigenvalue weighted by atomic mass is 10.1. The molecule has 0 radical (unpaired) electrons. The van der Waals surface area contributed by atoms with Crippen LogP contribution in [0, 0.1) is 5.82 Å². The number of anilines is 1. The highest BCUT2D eigenvalue weighted by Gasteiger charge is 2.26. The minimum absolute atomic E-state index is 0.143. The van der Waals surface area contributed by atoms with Gasteiger partial charge in [0.25, 0.3) is 0 Å². The average Bonchev–Trinajstić information content (AvgIpc) is 3.23. The fourth-order valence-electron chi connectivity index (χ4n) is 5.15. The van der Waals surface area contributed by atoms with Gasteiger partial charge in [0.05, 0.1) is 16.9 Å². The monoisotopic (exact) mass is 558 g/mol. The minimum Gasteiger partial charge on any atom is -0.481 e. The smallest absolute Gasteiger partial charge is 0.308 e. The van der Waals surface area contributed by atoms with Crippen molar-refractivity contribution in [2.24, 2.45) is 0 Å². The molecular weight excluding hydrogens is 523 g/mol. The van der Waals surface area contributed by atoms with Crippen LogP contribution in [0.3, 0.4) is 0 Å². The van der Waals surface area contributed by atoms with Crippen LogP contribution < -0.4 is 9.64 Å². The predicted molar refractivity (Wildman–Crippen MR) is 158 cm³/mol. The number of carbonyl (C=O) groups excluding carboxylic acids is 2. The first-order valence-electron chi connectivity index (χ1n) is 13.9. The summed E-state index contributed by atoms with van der Waals surface area (Å²) in [7, 11) is 0. The second kappa shape index (κ2) is 13.7. The van der Waals surface area contributed by atoms with E-state index in [1.807, 2.05) is 36.4 Å². The third kappa shape index (κ3) is 7.60. The number of carbonyl (C=O) groups is 3. The fourth-order valence-corrected chi connectivity index (χ4v) is 5.15. The van der Waals surface area contributed by atoms with Crippen LogP contribution in [0.1, 0.15) is 57.9 Å². The number of halogens is 1. The zero-order valence-corrected chi connectivity index (χ0v) is 23.4. The Kier molecular flexibility index (Phi) is 9.90. The molecule has 8 heteroatoms. The van der Waals surface area contributed by atoms with Crippen molar-refractivity contribution in [2.75, 3.05) is 11.4 Å². The van der Waals surface area contributed by atoms with E-state index in [0.29, 0.717) is 30.9 Å². The number of aromatic nitrogens is 1. The molecule has 0 atom stereocenters. The summed E-state index contributed by atoms with van der Waals surface area (Å²) in [4.78, 5) is 37.5. The highest BCUT2D eigenvalue weighted by Crippen LogP contribution is 2.43. The molecule has 1 heterocycles. The molecule has 1 amide bonds. The standard InChI is InChI=1S/C33H35FN2O5/c1-23(37)35(20-10-5-3-4-9-13-31(39)40)33-29-21-28(41-24(2)38)18-19-30(29)36(22-25-11-7-6-8-12-25)32(33)26-14-16-27(34)17-15-26/h6-8,11-12,14-19,21H,3-5,9-10,13,20,22H2,1-2H3,(H,39,40). The van der Waals surface area contributed by atoms with Crippen molar-refractivity contribution in [3.8, 4) is 17.0 Å². The maximum atomic E-state index is 14.0. The largest absolute Gasteiger partial charge is 0.481 e. The van der Waals surface area contributed by atoms with Gasteiger partial charge in [-0.25, -0.2) is 4.39 Å². The summed E-state index contributed by atoms with van der Waals surface area (Å²) in [5.74, 6) is -1.36. The molecule has 0 aliphatic heterocycles. The summed E-state index contributed by atoms with van der Waals surface area (Å²) in [5, 5.41) is 9.61. The van der Waals surface area contributed by atoms with Crippen LogP contribution in [0.4, 0.5) is 10.1 Å². The second-order valence-electron chi connectivity index (χ2n) is 10.1. The molecule has 0 unspecified atom stereocenters. The summed E-state index contributed by atoms with van der Waals surface area (Å²) < 4.78 is 21.5. The quantitative estimate of drug-likeness (QED) is 0.107. The molecule has 0 fully saturated rings. The van der Waals surface area contributed by atoms with E-state index in [4.69, 9.17) is 9.84 Å². The molecule has 214 valence electrons. The van der Waals surface area contributed by atoms with E-state index in [1.54, 1.807) is 29.2 Å². The summed E-state index contributed by atoms with van der Waals surface area (Å²) in [6, 6.07) is 21.6. The predicted octanol–water partition coefficient (Wildman–Crippen LogP) is 7.20. The van der Waals surface area contributed by atoms with Gasteiger partial charge in [0.1, 0.15) is 11.6 Å². The SMILES string of the molecule is CC(=O)Oc1ccc2c(c1)c(N(CCCCCCCC(=O)O)C(C)=O)c(-c1ccc(F)cc1)n2Cc1ccccc1. The molecule has 1 N–H and O–H groups in total. The van der Waals surface area contributed by atoms with E-state index < -0.39 is 11.9 Å². The zero-order chi connectivity index (χ0) is 29.4. The summed E-state index contributed by atoms with van der Waals surface area (Å²) in [6.07, 6.45) is 4.05. The van der Waals surface area contributed by atoms with Gasteiger partial charge in [-0.05, 0) is 60.9 Å². The normalized spacial score (nSPS) is 11.0. The lowest BCUT2D eigenvalue weighted by molar-refractivity contribution is -0.137. The lowest BCUT2D eigenvalue weighted by Gasteiger charge is -2.23. The van der Waals surface area contributed by atoms with Crippen molar-refractivity contribution in [2.45, 2.75) is 58.9 Å². The van der Waals surface area contributed by atoms with Crippen molar-refractivity contribution in [3.63, 3.8) is 0 Å². The number of fused-ring (bicyclic) bond motifs is 1. The Morgan fingerprint density at radius 1 is 0.878 bits per heavy atom. The number of amides is 1. The molecule has 0 saturated heterocycles. The minimum atomic E-state index is -0.791. The Balaban J connectivity index is 1.82. The number of carboxylic acids is 1.